The van der Waals surface area contributed by atoms with Gasteiger partial charge in [0, 0.05) is 8.04 Å². The molecule has 2 aromatic rings. The van der Waals surface area contributed by atoms with Gasteiger partial charge in [0.2, 0.25) is 0 Å². The number of methoxy groups -OCH3 is 2. The van der Waals surface area contributed by atoms with Gasteiger partial charge in [0.05, 0.1) is 14.2 Å². The molecule has 0 bridgehead atoms. The van der Waals surface area contributed by atoms with Gasteiger partial charge in [0.1, 0.15) is 0 Å². The zero-order chi connectivity index (χ0) is 14.5. The van der Waals surface area contributed by atoms with Gasteiger partial charge < -0.3 is 9.47 Å². The van der Waals surface area contributed by atoms with E-state index in [0.717, 1.165) is 30.7 Å². The van der Waals surface area contributed by atoms with E-state index in [9.17, 15) is 0 Å². The summed E-state index contributed by atoms with van der Waals surface area (Å²) >= 11 is 5.84. The van der Waals surface area contributed by atoms with E-state index in [-0.39, 0.29) is 0 Å². The molecule has 0 aliphatic carbocycles. The summed E-state index contributed by atoms with van der Waals surface area (Å²) in [5, 5.41) is 0. The van der Waals surface area contributed by atoms with Crippen molar-refractivity contribution < 1.29 is 9.47 Å². The highest BCUT2D eigenvalue weighted by Gasteiger charge is 2.07. The molecule has 0 amide bonds. The standard InChI is InChI=1S/C16H14BrIO2/c1-19-15-9-12(14(18)10-16(15)20-2)8-7-11-5-3-4-6-13(11)17/h3-10H,1-2H3. The molecule has 0 fully saturated rings. The van der Waals surface area contributed by atoms with Gasteiger partial charge in [-0.1, -0.05) is 46.3 Å². The van der Waals surface area contributed by atoms with Crippen molar-refractivity contribution in [3.63, 3.8) is 0 Å². The lowest BCUT2D eigenvalue weighted by molar-refractivity contribution is 0.354. The second-order valence-electron chi connectivity index (χ2n) is 4.08. The maximum atomic E-state index is 5.34. The lowest BCUT2D eigenvalue weighted by Gasteiger charge is -2.10. The Balaban J connectivity index is 2.36. The third-order valence-electron chi connectivity index (χ3n) is 2.85. The molecule has 0 atom stereocenters. The average molecular weight is 445 g/mol. The van der Waals surface area contributed by atoms with Crippen LogP contribution in [0.1, 0.15) is 11.1 Å². The third-order valence-corrected chi connectivity index (χ3v) is 4.51. The Morgan fingerprint density at radius 2 is 1.55 bits per heavy atom. The predicted molar refractivity (Wildman–Crippen MR) is 95.3 cm³/mol. The van der Waals surface area contributed by atoms with Crippen molar-refractivity contribution in [3.05, 3.63) is 55.6 Å². The van der Waals surface area contributed by atoms with Crippen molar-refractivity contribution >= 4 is 50.7 Å². The van der Waals surface area contributed by atoms with E-state index in [2.05, 4.69) is 56.7 Å². The van der Waals surface area contributed by atoms with Gasteiger partial charge in [0.25, 0.3) is 0 Å². The van der Waals surface area contributed by atoms with Gasteiger partial charge in [-0.25, -0.2) is 0 Å². The summed E-state index contributed by atoms with van der Waals surface area (Å²) in [6.07, 6.45) is 4.15. The predicted octanol–water partition coefficient (Wildman–Crippen LogP) is 5.24. The SMILES string of the molecule is COc1cc(I)c(C=Cc2ccccc2Br)cc1OC. The third kappa shape index (κ3) is 3.55. The molecule has 0 N–H and O–H groups in total. The van der Waals surface area contributed by atoms with E-state index in [4.69, 9.17) is 9.47 Å². The van der Waals surface area contributed by atoms with E-state index in [1.54, 1.807) is 14.2 Å². The Bertz CT molecular complexity index is 638. The molecule has 0 unspecified atom stereocenters. The molecule has 4 heteroatoms. The Hall–Kier alpha value is -1.01. The first-order chi connectivity index (χ1) is 9.65. The van der Waals surface area contributed by atoms with Crippen molar-refractivity contribution in [2.45, 2.75) is 0 Å². The van der Waals surface area contributed by atoms with Crippen LogP contribution in [0.4, 0.5) is 0 Å². The number of ether oxygens (including phenoxy) is 2. The minimum atomic E-state index is 0.736. The summed E-state index contributed by atoms with van der Waals surface area (Å²) in [4.78, 5) is 0. The number of hydrogen-bond donors (Lipinski definition) is 0. The molecule has 2 aromatic carbocycles. The van der Waals surface area contributed by atoms with Crippen LogP contribution in [-0.4, -0.2) is 14.2 Å². The average Bonchev–Trinajstić information content (AvgIpc) is 2.47. The minimum Gasteiger partial charge on any atom is -0.493 e. The first kappa shape index (κ1) is 15.4. The van der Waals surface area contributed by atoms with Gasteiger partial charge in [-0.15, -0.1) is 0 Å². The first-order valence-electron chi connectivity index (χ1n) is 6.00. The molecule has 0 aliphatic rings. The Labute approximate surface area is 141 Å². The van der Waals surface area contributed by atoms with Crippen LogP contribution in [0.2, 0.25) is 0 Å². The van der Waals surface area contributed by atoms with Crippen LogP contribution in [0.25, 0.3) is 12.2 Å². The van der Waals surface area contributed by atoms with Crippen LogP contribution in [0.3, 0.4) is 0 Å². The highest BCUT2D eigenvalue weighted by Crippen LogP contribution is 2.32. The highest BCUT2D eigenvalue weighted by atomic mass is 127. The van der Waals surface area contributed by atoms with Crippen LogP contribution >= 0.6 is 38.5 Å². The maximum absolute atomic E-state index is 5.34. The zero-order valence-corrected chi connectivity index (χ0v) is 14.9. The molecular formula is C16H14BrIO2. The van der Waals surface area contributed by atoms with Gasteiger partial charge in [0.15, 0.2) is 11.5 Å². The summed E-state index contributed by atoms with van der Waals surface area (Å²) in [5.74, 6) is 1.48. The van der Waals surface area contributed by atoms with Crippen LogP contribution in [0.15, 0.2) is 40.9 Å². The van der Waals surface area contributed by atoms with Crippen LogP contribution in [-0.2, 0) is 0 Å². The fourth-order valence-corrected chi connectivity index (χ4v) is 2.82. The number of benzene rings is 2. The van der Waals surface area contributed by atoms with Gasteiger partial charge in [-0.05, 0) is 51.9 Å². The molecule has 0 saturated heterocycles. The van der Waals surface area contributed by atoms with Crippen LogP contribution < -0.4 is 9.47 Å². The van der Waals surface area contributed by atoms with E-state index in [1.165, 1.54) is 0 Å². The van der Waals surface area contributed by atoms with Crippen molar-refractivity contribution in [1.82, 2.24) is 0 Å². The smallest absolute Gasteiger partial charge is 0.161 e. The fraction of sp³-hybridized carbons (Fsp3) is 0.125. The van der Waals surface area contributed by atoms with E-state index in [1.807, 2.05) is 30.3 Å². The van der Waals surface area contributed by atoms with Crippen LogP contribution in [0.5, 0.6) is 11.5 Å². The minimum absolute atomic E-state index is 0.736. The summed E-state index contributed by atoms with van der Waals surface area (Å²) in [7, 11) is 3.29. The topological polar surface area (TPSA) is 18.5 Å². The number of rotatable bonds is 4. The van der Waals surface area contributed by atoms with Gasteiger partial charge in [-0.2, -0.15) is 0 Å². The fourth-order valence-electron chi connectivity index (χ4n) is 1.79. The Morgan fingerprint density at radius 1 is 0.950 bits per heavy atom. The first-order valence-corrected chi connectivity index (χ1v) is 7.87. The van der Waals surface area contributed by atoms with E-state index >= 15 is 0 Å². The maximum Gasteiger partial charge on any atom is 0.161 e. The molecular weight excluding hydrogens is 431 g/mol. The monoisotopic (exact) mass is 444 g/mol. The quantitative estimate of drug-likeness (QED) is 0.474. The van der Waals surface area contributed by atoms with Gasteiger partial charge >= 0.3 is 0 Å². The second kappa shape index (κ2) is 7.13. The lowest BCUT2D eigenvalue weighted by Crippen LogP contribution is -1.92. The summed E-state index contributed by atoms with van der Waals surface area (Å²) in [6, 6.07) is 12.1. The van der Waals surface area contributed by atoms with Gasteiger partial charge in [-0.3, -0.25) is 0 Å². The Kier molecular flexibility index (Phi) is 5.48. The van der Waals surface area contributed by atoms with Crippen molar-refractivity contribution in [3.8, 4) is 11.5 Å². The summed E-state index contributed by atoms with van der Waals surface area (Å²) < 4.78 is 12.8. The normalized spacial score (nSPS) is 10.8. The number of hydrogen-bond acceptors (Lipinski definition) is 2. The van der Waals surface area contributed by atoms with E-state index in [0.29, 0.717) is 0 Å². The van der Waals surface area contributed by atoms with Crippen molar-refractivity contribution in [1.29, 1.82) is 0 Å². The molecule has 0 aromatic heterocycles. The summed E-state index contributed by atoms with van der Waals surface area (Å²) in [6.45, 7) is 0. The van der Waals surface area contributed by atoms with Crippen molar-refractivity contribution in [2.24, 2.45) is 0 Å². The lowest BCUT2D eigenvalue weighted by atomic mass is 10.1. The molecule has 104 valence electrons. The molecule has 0 spiro atoms. The molecule has 0 saturated carbocycles. The highest BCUT2D eigenvalue weighted by molar-refractivity contribution is 14.1. The summed E-state index contributed by atoms with van der Waals surface area (Å²) in [5.41, 5.74) is 2.23. The molecule has 20 heavy (non-hydrogen) atoms. The molecule has 0 heterocycles. The molecule has 2 rings (SSSR count). The van der Waals surface area contributed by atoms with Crippen LogP contribution in [0, 0.1) is 3.57 Å². The largest absolute Gasteiger partial charge is 0.493 e. The Morgan fingerprint density at radius 3 is 2.20 bits per heavy atom. The van der Waals surface area contributed by atoms with E-state index < -0.39 is 0 Å². The zero-order valence-electron chi connectivity index (χ0n) is 11.2. The number of halogens is 2. The molecule has 2 nitrogen and oxygen atoms in total. The molecule has 0 radical (unpaired) electrons. The van der Waals surface area contributed by atoms with Crippen molar-refractivity contribution in [2.75, 3.05) is 14.2 Å². The second-order valence-corrected chi connectivity index (χ2v) is 6.10. The molecule has 0 aliphatic heterocycles.